The number of ether oxygens (including phenoxy) is 2. The Morgan fingerprint density at radius 3 is 2.58 bits per heavy atom. The Kier molecular flexibility index (Phi) is 7.01. The predicted octanol–water partition coefficient (Wildman–Crippen LogP) is 3.60. The van der Waals surface area contributed by atoms with Crippen LogP contribution in [0, 0.1) is 5.82 Å². The molecular weight excluding hydrogens is 417 g/mol. The number of amides is 1. The van der Waals surface area contributed by atoms with Crippen molar-refractivity contribution in [3.63, 3.8) is 0 Å². The molecule has 0 bridgehead atoms. The van der Waals surface area contributed by atoms with Gasteiger partial charge in [0.1, 0.15) is 11.6 Å². The van der Waals surface area contributed by atoms with Crippen molar-refractivity contribution < 1.29 is 18.7 Å². The number of hydrogen-bond donors (Lipinski definition) is 0. The van der Waals surface area contributed by atoms with E-state index < -0.39 is 0 Å². The van der Waals surface area contributed by atoms with Crippen molar-refractivity contribution in [3.05, 3.63) is 70.4 Å². The van der Waals surface area contributed by atoms with Crippen LogP contribution in [0.4, 0.5) is 4.39 Å². The Hall–Kier alpha value is -2.68. The lowest BCUT2D eigenvalue weighted by Gasteiger charge is -2.32. The summed E-state index contributed by atoms with van der Waals surface area (Å²) in [4.78, 5) is 21.6. The molecule has 8 heteroatoms. The fourth-order valence-corrected chi connectivity index (χ4v) is 4.18. The van der Waals surface area contributed by atoms with Crippen LogP contribution in [0.3, 0.4) is 0 Å². The minimum absolute atomic E-state index is 0.0192. The third-order valence-electron chi connectivity index (χ3n) is 5.09. The molecule has 0 spiro atoms. The van der Waals surface area contributed by atoms with Crippen molar-refractivity contribution in [1.82, 2.24) is 9.80 Å². The molecule has 2 aliphatic rings. The molecule has 0 atom stereocenters. The predicted molar refractivity (Wildman–Crippen MR) is 120 cm³/mol. The molecule has 0 N–H and O–H groups in total. The SMILES string of the molecule is CN1CCN(C2=NC(=O)/C(=C/c3ccc(OCOCc4ccccc4F)cc3)S2)CC1. The molecule has 1 saturated heterocycles. The third kappa shape index (κ3) is 5.72. The van der Waals surface area contributed by atoms with E-state index in [1.165, 1.54) is 17.8 Å². The molecule has 1 amide bonds. The van der Waals surface area contributed by atoms with E-state index in [1.54, 1.807) is 18.2 Å². The van der Waals surface area contributed by atoms with Crippen LogP contribution in [0.15, 0.2) is 58.4 Å². The lowest BCUT2D eigenvalue weighted by molar-refractivity contribution is -0.113. The monoisotopic (exact) mass is 441 g/mol. The second kappa shape index (κ2) is 10.1. The summed E-state index contributed by atoms with van der Waals surface area (Å²) in [7, 11) is 2.10. The summed E-state index contributed by atoms with van der Waals surface area (Å²) in [5.74, 6) is 0.148. The van der Waals surface area contributed by atoms with Crippen LogP contribution in [-0.2, 0) is 16.1 Å². The van der Waals surface area contributed by atoms with Gasteiger partial charge in [-0.2, -0.15) is 4.99 Å². The summed E-state index contributed by atoms with van der Waals surface area (Å²) in [6.45, 7) is 3.87. The van der Waals surface area contributed by atoms with Gasteiger partial charge in [-0.3, -0.25) is 4.79 Å². The van der Waals surface area contributed by atoms with Gasteiger partial charge in [-0.05, 0) is 48.6 Å². The third-order valence-corrected chi connectivity index (χ3v) is 6.13. The van der Waals surface area contributed by atoms with Gasteiger partial charge in [0.2, 0.25) is 0 Å². The van der Waals surface area contributed by atoms with E-state index >= 15 is 0 Å². The first-order valence-corrected chi connectivity index (χ1v) is 10.9. The van der Waals surface area contributed by atoms with Crippen molar-refractivity contribution in [2.24, 2.45) is 4.99 Å². The Balaban J connectivity index is 1.27. The first kappa shape index (κ1) is 21.5. The van der Waals surface area contributed by atoms with Crippen LogP contribution >= 0.6 is 11.8 Å². The molecule has 2 aromatic carbocycles. The normalized spacial score (nSPS) is 18.5. The number of carbonyl (C=O) groups excluding carboxylic acids is 1. The number of carbonyl (C=O) groups is 1. The molecule has 2 heterocycles. The lowest BCUT2D eigenvalue weighted by atomic mass is 10.2. The lowest BCUT2D eigenvalue weighted by Crippen LogP contribution is -2.46. The number of rotatable bonds is 6. The molecule has 2 aliphatic heterocycles. The van der Waals surface area contributed by atoms with Crippen LogP contribution in [-0.4, -0.2) is 60.9 Å². The molecule has 0 unspecified atom stereocenters. The molecular formula is C23H24FN3O3S. The van der Waals surface area contributed by atoms with E-state index in [0.29, 0.717) is 16.2 Å². The maximum absolute atomic E-state index is 13.6. The number of halogens is 1. The fraction of sp³-hybridized carbons (Fsp3) is 0.304. The average Bonchev–Trinajstić information content (AvgIpc) is 3.14. The van der Waals surface area contributed by atoms with Gasteiger partial charge in [-0.1, -0.05) is 30.3 Å². The van der Waals surface area contributed by atoms with Crippen molar-refractivity contribution >= 4 is 28.9 Å². The highest BCUT2D eigenvalue weighted by atomic mass is 32.2. The Morgan fingerprint density at radius 2 is 1.84 bits per heavy atom. The smallest absolute Gasteiger partial charge is 0.286 e. The summed E-state index contributed by atoms with van der Waals surface area (Å²) >= 11 is 1.43. The number of piperazine rings is 1. The number of likely N-dealkylation sites (N-methyl/N-ethyl adjacent to an activating group) is 1. The number of nitrogens with zero attached hydrogens (tertiary/aromatic N) is 3. The number of amidine groups is 1. The highest BCUT2D eigenvalue weighted by Crippen LogP contribution is 2.31. The van der Waals surface area contributed by atoms with Crippen molar-refractivity contribution in [2.45, 2.75) is 6.61 Å². The fourth-order valence-electron chi connectivity index (χ4n) is 3.22. The van der Waals surface area contributed by atoms with Gasteiger partial charge >= 0.3 is 0 Å². The zero-order valence-electron chi connectivity index (χ0n) is 17.3. The molecule has 4 rings (SSSR count). The second-order valence-electron chi connectivity index (χ2n) is 7.37. The van der Waals surface area contributed by atoms with Gasteiger partial charge < -0.3 is 19.3 Å². The summed E-state index contributed by atoms with van der Waals surface area (Å²) in [5.41, 5.74) is 1.38. The molecule has 0 aliphatic carbocycles. The summed E-state index contributed by atoms with van der Waals surface area (Å²) in [6.07, 6.45) is 1.85. The average molecular weight is 442 g/mol. The van der Waals surface area contributed by atoms with Gasteiger partial charge in [0.15, 0.2) is 12.0 Å². The van der Waals surface area contributed by atoms with E-state index in [9.17, 15) is 9.18 Å². The standard InChI is InChI=1S/C23H24FN3O3S/c1-26-10-12-27(13-11-26)23-25-22(28)21(31-23)14-17-6-8-19(9-7-17)30-16-29-15-18-4-2-3-5-20(18)24/h2-9,14H,10-13,15-16H2,1H3/b21-14-. The van der Waals surface area contributed by atoms with E-state index in [2.05, 4.69) is 21.8 Å². The van der Waals surface area contributed by atoms with Crippen molar-refractivity contribution in [2.75, 3.05) is 40.0 Å². The van der Waals surface area contributed by atoms with Gasteiger partial charge in [0, 0.05) is 31.7 Å². The molecule has 0 aromatic heterocycles. The van der Waals surface area contributed by atoms with Crippen LogP contribution < -0.4 is 4.74 Å². The first-order chi connectivity index (χ1) is 15.1. The van der Waals surface area contributed by atoms with Gasteiger partial charge in [0.25, 0.3) is 5.91 Å². The molecule has 31 heavy (non-hydrogen) atoms. The Morgan fingerprint density at radius 1 is 1.10 bits per heavy atom. The zero-order valence-corrected chi connectivity index (χ0v) is 18.1. The molecule has 0 radical (unpaired) electrons. The quantitative estimate of drug-likeness (QED) is 0.388. The Labute approximate surface area is 185 Å². The highest BCUT2D eigenvalue weighted by Gasteiger charge is 2.27. The Bertz CT molecular complexity index is 986. The molecule has 0 saturated carbocycles. The number of benzene rings is 2. The maximum atomic E-state index is 13.6. The topological polar surface area (TPSA) is 54.4 Å². The van der Waals surface area contributed by atoms with Crippen LogP contribution in [0.5, 0.6) is 5.75 Å². The summed E-state index contributed by atoms with van der Waals surface area (Å²) in [5, 5.41) is 0.788. The highest BCUT2D eigenvalue weighted by molar-refractivity contribution is 8.18. The van der Waals surface area contributed by atoms with Crippen LogP contribution in [0.1, 0.15) is 11.1 Å². The minimum Gasteiger partial charge on any atom is -0.468 e. The van der Waals surface area contributed by atoms with E-state index in [4.69, 9.17) is 9.47 Å². The number of thioether (sulfide) groups is 1. The van der Waals surface area contributed by atoms with Crippen LogP contribution in [0.25, 0.3) is 6.08 Å². The van der Waals surface area contributed by atoms with Gasteiger partial charge in [-0.15, -0.1) is 0 Å². The van der Waals surface area contributed by atoms with Gasteiger partial charge in [0.05, 0.1) is 11.5 Å². The zero-order chi connectivity index (χ0) is 21.6. The first-order valence-electron chi connectivity index (χ1n) is 10.1. The second-order valence-corrected chi connectivity index (χ2v) is 8.38. The van der Waals surface area contributed by atoms with Crippen LogP contribution in [0.2, 0.25) is 0 Å². The van der Waals surface area contributed by atoms with E-state index in [0.717, 1.165) is 36.9 Å². The largest absolute Gasteiger partial charge is 0.468 e. The number of hydrogen-bond acceptors (Lipinski definition) is 6. The van der Waals surface area contributed by atoms with Gasteiger partial charge in [-0.25, -0.2) is 4.39 Å². The van der Waals surface area contributed by atoms with Crippen molar-refractivity contribution in [1.29, 1.82) is 0 Å². The molecule has 6 nitrogen and oxygen atoms in total. The maximum Gasteiger partial charge on any atom is 0.286 e. The van der Waals surface area contributed by atoms with Crippen molar-refractivity contribution in [3.8, 4) is 5.75 Å². The summed E-state index contributed by atoms with van der Waals surface area (Å²) < 4.78 is 24.5. The summed E-state index contributed by atoms with van der Waals surface area (Å²) in [6, 6.07) is 13.9. The van der Waals surface area contributed by atoms with E-state index in [-0.39, 0.29) is 25.1 Å². The molecule has 1 fully saturated rings. The number of aliphatic imine (C=N–C) groups is 1. The molecule has 2 aromatic rings. The van der Waals surface area contributed by atoms with E-state index in [1.807, 2.05) is 30.3 Å². The minimum atomic E-state index is -0.293. The molecule has 162 valence electrons.